The molecule has 1 atom stereocenters. The van der Waals surface area contributed by atoms with Gasteiger partial charge in [0.2, 0.25) is 0 Å². The number of piperidine rings is 1. The van der Waals surface area contributed by atoms with E-state index in [4.69, 9.17) is 14.6 Å². The second kappa shape index (κ2) is 6.40. The van der Waals surface area contributed by atoms with Gasteiger partial charge in [-0.3, -0.25) is 0 Å². The van der Waals surface area contributed by atoms with Crippen molar-refractivity contribution in [2.45, 2.75) is 50.7 Å². The summed E-state index contributed by atoms with van der Waals surface area (Å²) in [4.78, 5) is 12.6. The highest BCUT2D eigenvalue weighted by atomic mass is 16.5. The van der Waals surface area contributed by atoms with Gasteiger partial charge < -0.3 is 19.5 Å². The van der Waals surface area contributed by atoms with E-state index in [9.17, 15) is 4.79 Å². The average Bonchev–Trinajstić information content (AvgIpc) is 2.53. The van der Waals surface area contributed by atoms with Crippen LogP contribution in [0.15, 0.2) is 24.3 Å². The third-order valence-electron chi connectivity index (χ3n) is 4.88. The molecule has 2 heterocycles. The van der Waals surface area contributed by atoms with Crippen molar-refractivity contribution in [3.63, 3.8) is 0 Å². The smallest absolute Gasteiger partial charge is 0.407 e. The van der Waals surface area contributed by atoms with E-state index in [1.165, 1.54) is 10.5 Å². The monoisotopic (exact) mass is 319 g/mol. The maximum atomic E-state index is 11.1. The van der Waals surface area contributed by atoms with Crippen molar-refractivity contribution in [1.29, 1.82) is 0 Å². The first-order chi connectivity index (χ1) is 11.0. The van der Waals surface area contributed by atoms with Crippen LogP contribution in [-0.2, 0) is 4.74 Å². The number of ether oxygens (including phenoxy) is 2. The number of rotatable bonds is 3. The van der Waals surface area contributed by atoms with Gasteiger partial charge in [0.1, 0.15) is 11.4 Å². The van der Waals surface area contributed by atoms with Crippen molar-refractivity contribution in [3.8, 4) is 5.75 Å². The average molecular weight is 319 g/mol. The molecule has 23 heavy (non-hydrogen) atoms. The van der Waals surface area contributed by atoms with Crippen LogP contribution in [0.5, 0.6) is 5.75 Å². The molecule has 0 aromatic heterocycles. The first kappa shape index (κ1) is 16.1. The zero-order chi connectivity index (χ0) is 16.4. The van der Waals surface area contributed by atoms with Gasteiger partial charge in [0.25, 0.3) is 0 Å². The molecule has 0 radical (unpaired) electrons. The fraction of sp³-hybridized carbons (Fsp3) is 0.611. The molecule has 1 unspecified atom stereocenters. The molecule has 0 saturated carbocycles. The number of carbonyl (C=O) groups is 1. The summed E-state index contributed by atoms with van der Waals surface area (Å²) in [6.45, 7) is 5.85. The van der Waals surface area contributed by atoms with Crippen LogP contribution in [0.1, 0.15) is 44.6 Å². The van der Waals surface area contributed by atoms with Crippen LogP contribution < -0.4 is 4.74 Å². The van der Waals surface area contributed by atoms with Crippen molar-refractivity contribution in [3.05, 3.63) is 29.8 Å². The van der Waals surface area contributed by atoms with E-state index >= 15 is 0 Å². The Kier molecular flexibility index (Phi) is 4.48. The minimum atomic E-state index is -0.837. The highest BCUT2D eigenvalue weighted by molar-refractivity contribution is 5.65. The Morgan fingerprint density at radius 3 is 2.74 bits per heavy atom. The molecule has 1 spiro atoms. The van der Waals surface area contributed by atoms with E-state index in [0.29, 0.717) is 25.6 Å². The van der Waals surface area contributed by atoms with Crippen LogP contribution in [0, 0.1) is 0 Å². The zero-order valence-corrected chi connectivity index (χ0v) is 13.8. The van der Waals surface area contributed by atoms with Crippen LogP contribution in [-0.4, -0.2) is 47.5 Å². The normalized spacial score (nSPS) is 22.7. The maximum absolute atomic E-state index is 11.1. The molecule has 1 aromatic rings. The fourth-order valence-corrected chi connectivity index (χ4v) is 3.61. The Bertz CT molecular complexity index is 564. The van der Waals surface area contributed by atoms with E-state index in [2.05, 4.69) is 6.07 Å². The predicted octanol–water partition coefficient (Wildman–Crippen LogP) is 3.49. The topological polar surface area (TPSA) is 59.0 Å². The largest absolute Gasteiger partial charge is 0.487 e. The minimum absolute atomic E-state index is 0.204. The summed E-state index contributed by atoms with van der Waals surface area (Å²) in [5.41, 5.74) is 0.949. The number of carboxylic acid groups (broad SMARTS) is 1. The lowest BCUT2D eigenvalue weighted by Crippen LogP contribution is -2.51. The quantitative estimate of drug-likeness (QED) is 0.926. The maximum Gasteiger partial charge on any atom is 0.407 e. The lowest BCUT2D eigenvalue weighted by Gasteiger charge is -2.46. The van der Waals surface area contributed by atoms with E-state index in [0.717, 1.165) is 25.0 Å². The van der Waals surface area contributed by atoms with Crippen molar-refractivity contribution in [1.82, 2.24) is 4.90 Å². The molecule has 1 amide bonds. The Morgan fingerprint density at radius 2 is 2.09 bits per heavy atom. The molecule has 0 aliphatic carbocycles. The Morgan fingerprint density at radius 1 is 1.39 bits per heavy atom. The summed E-state index contributed by atoms with van der Waals surface area (Å²) in [6.07, 6.45) is 1.74. The molecular weight excluding hydrogens is 294 g/mol. The number of fused-ring (bicyclic) bond motifs is 1. The lowest BCUT2D eigenvalue weighted by atomic mass is 9.77. The van der Waals surface area contributed by atoms with Crippen molar-refractivity contribution in [2.24, 2.45) is 0 Å². The molecule has 1 saturated heterocycles. The van der Waals surface area contributed by atoms with Gasteiger partial charge in [-0.15, -0.1) is 0 Å². The highest BCUT2D eigenvalue weighted by Crippen LogP contribution is 2.45. The van der Waals surface area contributed by atoms with Gasteiger partial charge in [0.05, 0.1) is 12.7 Å². The Hall–Kier alpha value is -1.75. The van der Waals surface area contributed by atoms with Crippen LogP contribution in [0.25, 0.3) is 0 Å². The summed E-state index contributed by atoms with van der Waals surface area (Å²) >= 11 is 0. The number of para-hydroxylation sites is 1. The molecule has 3 rings (SSSR count). The molecule has 5 nitrogen and oxygen atoms in total. The van der Waals surface area contributed by atoms with Gasteiger partial charge in [-0.2, -0.15) is 0 Å². The number of nitrogens with zero attached hydrogens (tertiary/aromatic N) is 1. The van der Waals surface area contributed by atoms with Gasteiger partial charge >= 0.3 is 6.09 Å². The molecule has 126 valence electrons. The van der Waals surface area contributed by atoms with Crippen molar-refractivity contribution in [2.75, 3.05) is 19.7 Å². The molecule has 0 bridgehead atoms. The third-order valence-corrected chi connectivity index (χ3v) is 4.88. The number of hydrogen-bond acceptors (Lipinski definition) is 3. The number of amides is 1. The molecule has 1 fully saturated rings. The Labute approximate surface area is 137 Å². The molecule has 5 heteroatoms. The highest BCUT2D eigenvalue weighted by Gasteiger charge is 2.43. The zero-order valence-electron chi connectivity index (χ0n) is 13.8. The summed E-state index contributed by atoms with van der Waals surface area (Å²) in [6, 6.07) is 8.16. The lowest BCUT2D eigenvalue weighted by molar-refractivity contribution is -0.0329. The van der Waals surface area contributed by atoms with Crippen LogP contribution >= 0.6 is 0 Å². The van der Waals surface area contributed by atoms with Gasteiger partial charge in [-0.25, -0.2) is 4.79 Å². The SMILES string of the molecule is CC(C)OCC1CC2(CCN(C(=O)O)CC2)Oc2ccccc21. The minimum Gasteiger partial charge on any atom is -0.487 e. The standard InChI is InChI=1S/C18H25NO4/c1-13(2)22-12-14-11-18(7-9-19(10-8-18)17(20)21)23-16-6-4-3-5-15(14)16/h3-6,13-14H,7-12H2,1-2H3,(H,20,21). The second-order valence-electron chi connectivity index (χ2n) is 6.88. The number of likely N-dealkylation sites (tertiary alicyclic amines) is 1. The number of hydrogen-bond donors (Lipinski definition) is 1. The molecule has 2 aliphatic heterocycles. The third kappa shape index (κ3) is 3.44. The molecular formula is C18H25NO4. The predicted molar refractivity (Wildman–Crippen MR) is 87.1 cm³/mol. The van der Waals surface area contributed by atoms with E-state index in [1.54, 1.807) is 0 Å². The molecule has 2 aliphatic rings. The van der Waals surface area contributed by atoms with E-state index < -0.39 is 6.09 Å². The Balaban J connectivity index is 1.78. The van der Waals surface area contributed by atoms with Crippen LogP contribution in [0.4, 0.5) is 4.79 Å². The van der Waals surface area contributed by atoms with Crippen LogP contribution in [0.2, 0.25) is 0 Å². The second-order valence-corrected chi connectivity index (χ2v) is 6.88. The van der Waals surface area contributed by atoms with E-state index in [1.807, 2.05) is 32.0 Å². The van der Waals surface area contributed by atoms with Gasteiger partial charge in [0.15, 0.2) is 0 Å². The summed E-state index contributed by atoms with van der Waals surface area (Å²) in [7, 11) is 0. The first-order valence-corrected chi connectivity index (χ1v) is 8.36. The van der Waals surface area contributed by atoms with Gasteiger partial charge in [0, 0.05) is 31.8 Å². The number of benzene rings is 1. The van der Waals surface area contributed by atoms with Gasteiger partial charge in [-0.05, 0) is 31.9 Å². The first-order valence-electron chi connectivity index (χ1n) is 8.36. The molecule has 1 aromatic carbocycles. The summed E-state index contributed by atoms with van der Waals surface area (Å²) < 4.78 is 12.2. The molecule has 1 N–H and O–H groups in total. The van der Waals surface area contributed by atoms with Gasteiger partial charge in [-0.1, -0.05) is 18.2 Å². The fourth-order valence-electron chi connectivity index (χ4n) is 3.61. The van der Waals surface area contributed by atoms with Crippen molar-refractivity contribution >= 4 is 6.09 Å². The van der Waals surface area contributed by atoms with E-state index in [-0.39, 0.29) is 11.7 Å². The summed E-state index contributed by atoms with van der Waals surface area (Å²) in [5, 5.41) is 9.15. The van der Waals surface area contributed by atoms with Crippen LogP contribution in [0.3, 0.4) is 0 Å². The summed E-state index contributed by atoms with van der Waals surface area (Å²) in [5.74, 6) is 1.23. The van der Waals surface area contributed by atoms with Crippen molar-refractivity contribution < 1.29 is 19.4 Å².